The number of nitrogens with zero attached hydrogens (tertiary/aromatic N) is 1. The van der Waals surface area contributed by atoms with Crippen molar-refractivity contribution in [2.24, 2.45) is 0 Å². The lowest BCUT2D eigenvalue weighted by Gasteiger charge is -2.24. The van der Waals surface area contributed by atoms with E-state index in [1.165, 1.54) is 18.2 Å². The molecule has 8 heteroatoms. The molecule has 1 amide bonds. The summed E-state index contributed by atoms with van der Waals surface area (Å²) >= 11 is 6.08. The van der Waals surface area contributed by atoms with Crippen LogP contribution in [-0.4, -0.2) is 20.9 Å². The molecule has 6 nitrogen and oxygen atoms in total. The number of carbonyl (C=O) groups is 1. The van der Waals surface area contributed by atoms with Gasteiger partial charge in [-0.15, -0.1) is 0 Å². The Balaban J connectivity index is 1.82. The Bertz CT molecular complexity index is 1020. The molecule has 0 saturated heterocycles. The van der Waals surface area contributed by atoms with Crippen molar-refractivity contribution in [2.45, 2.75) is 43.9 Å². The minimum Gasteiger partial charge on any atom is -0.303 e. The first kappa shape index (κ1) is 22.2. The number of aryl methyl sites for hydroxylation is 1. The number of amides is 1. The van der Waals surface area contributed by atoms with E-state index in [1.807, 2.05) is 6.92 Å². The van der Waals surface area contributed by atoms with Gasteiger partial charge >= 0.3 is 0 Å². The lowest BCUT2D eigenvalue weighted by molar-refractivity contribution is -0.120. The molecule has 2 aromatic carbocycles. The number of halogens is 1. The molecule has 2 aromatic rings. The molecular weight excluding hydrogens is 422 g/mol. The highest BCUT2D eigenvalue weighted by molar-refractivity contribution is 7.92. The number of hydrogen-bond acceptors (Lipinski definition) is 4. The van der Waals surface area contributed by atoms with Crippen molar-refractivity contribution >= 4 is 33.2 Å². The molecule has 160 valence electrons. The van der Waals surface area contributed by atoms with Gasteiger partial charge in [-0.3, -0.25) is 14.5 Å². The SMILES string of the molecule is Cc1ccc(S(=O)(=O)N(CC(=O)NNC2=CCCCCC2)c2cccc(Cl)c2)cc1. The summed E-state index contributed by atoms with van der Waals surface area (Å²) in [5.41, 5.74) is 7.80. The zero-order valence-corrected chi connectivity index (χ0v) is 18.5. The number of nitrogens with one attached hydrogen (secondary N) is 2. The predicted molar refractivity (Wildman–Crippen MR) is 120 cm³/mol. The highest BCUT2D eigenvalue weighted by Gasteiger charge is 2.27. The minimum atomic E-state index is -3.96. The maximum Gasteiger partial charge on any atom is 0.264 e. The van der Waals surface area contributed by atoms with Crippen molar-refractivity contribution in [1.29, 1.82) is 0 Å². The maximum atomic E-state index is 13.3. The fourth-order valence-electron chi connectivity index (χ4n) is 3.23. The van der Waals surface area contributed by atoms with Gasteiger partial charge in [0.25, 0.3) is 15.9 Å². The molecule has 0 radical (unpaired) electrons. The van der Waals surface area contributed by atoms with Gasteiger partial charge < -0.3 is 5.43 Å². The van der Waals surface area contributed by atoms with Crippen LogP contribution in [0, 0.1) is 6.92 Å². The molecule has 3 rings (SSSR count). The average Bonchev–Trinajstić information content (AvgIpc) is 2.99. The molecule has 0 aromatic heterocycles. The van der Waals surface area contributed by atoms with E-state index in [4.69, 9.17) is 11.6 Å². The van der Waals surface area contributed by atoms with Crippen molar-refractivity contribution in [3.8, 4) is 0 Å². The van der Waals surface area contributed by atoms with E-state index in [1.54, 1.807) is 30.3 Å². The Hall–Kier alpha value is -2.51. The summed E-state index contributed by atoms with van der Waals surface area (Å²) in [5, 5.41) is 0.388. The first-order valence-electron chi connectivity index (χ1n) is 9.95. The fourth-order valence-corrected chi connectivity index (χ4v) is 4.83. The van der Waals surface area contributed by atoms with Crippen LogP contribution in [0.4, 0.5) is 5.69 Å². The number of hydrogen-bond donors (Lipinski definition) is 2. The Kier molecular flexibility index (Phi) is 7.39. The summed E-state index contributed by atoms with van der Waals surface area (Å²) in [6.07, 6.45) is 7.26. The second kappa shape index (κ2) is 10.00. The third-order valence-corrected chi connectivity index (χ3v) is 6.92. The fraction of sp³-hybridized carbons (Fsp3) is 0.318. The highest BCUT2D eigenvalue weighted by Crippen LogP contribution is 2.26. The number of rotatable bonds is 7. The van der Waals surface area contributed by atoms with Gasteiger partial charge in [0, 0.05) is 10.7 Å². The van der Waals surface area contributed by atoms with Crippen molar-refractivity contribution in [1.82, 2.24) is 10.9 Å². The molecular formula is C22H26ClN3O3S. The molecule has 1 aliphatic rings. The number of allylic oxidation sites excluding steroid dienone is 2. The van der Waals surface area contributed by atoms with Gasteiger partial charge in [-0.25, -0.2) is 8.42 Å². The Morgan fingerprint density at radius 3 is 2.60 bits per heavy atom. The summed E-state index contributed by atoms with van der Waals surface area (Å²) in [6.45, 7) is 1.50. The van der Waals surface area contributed by atoms with E-state index >= 15 is 0 Å². The highest BCUT2D eigenvalue weighted by atomic mass is 35.5. The van der Waals surface area contributed by atoms with Crippen LogP contribution in [-0.2, 0) is 14.8 Å². The first-order valence-corrected chi connectivity index (χ1v) is 11.8. The molecule has 0 saturated carbocycles. The zero-order valence-electron chi connectivity index (χ0n) is 16.9. The second-order valence-electron chi connectivity index (χ2n) is 7.31. The van der Waals surface area contributed by atoms with Crippen LogP contribution < -0.4 is 15.2 Å². The Morgan fingerprint density at radius 1 is 1.10 bits per heavy atom. The van der Waals surface area contributed by atoms with Gasteiger partial charge in [-0.1, -0.05) is 47.9 Å². The number of sulfonamides is 1. The zero-order chi connectivity index (χ0) is 21.6. The lowest BCUT2D eigenvalue weighted by atomic mass is 10.2. The van der Waals surface area contributed by atoms with Gasteiger partial charge in [0.1, 0.15) is 6.54 Å². The van der Waals surface area contributed by atoms with Crippen LogP contribution in [0.25, 0.3) is 0 Å². The van der Waals surface area contributed by atoms with Crippen LogP contribution in [0.3, 0.4) is 0 Å². The van der Waals surface area contributed by atoms with Crippen molar-refractivity contribution in [3.63, 3.8) is 0 Å². The molecule has 0 aliphatic heterocycles. The molecule has 0 unspecified atom stereocenters. The summed E-state index contributed by atoms with van der Waals surface area (Å²) < 4.78 is 27.7. The third-order valence-electron chi connectivity index (χ3n) is 4.90. The van der Waals surface area contributed by atoms with Crippen LogP contribution >= 0.6 is 11.6 Å². The quantitative estimate of drug-likeness (QED) is 0.620. The van der Waals surface area contributed by atoms with Crippen LogP contribution in [0.5, 0.6) is 0 Å². The maximum absolute atomic E-state index is 13.3. The largest absolute Gasteiger partial charge is 0.303 e. The molecule has 30 heavy (non-hydrogen) atoms. The van der Waals surface area contributed by atoms with Crippen molar-refractivity contribution in [3.05, 3.63) is 70.9 Å². The van der Waals surface area contributed by atoms with E-state index in [9.17, 15) is 13.2 Å². The van der Waals surface area contributed by atoms with Gasteiger partial charge in [-0.05, 0) is 62.9 Å². The standard InChI is InChI=1S/C22H26ClN3O3S/c1-17-11-13-21(14-12-17)30(28,29)26(20-10-6-7-18(23)15-20)16-22(27)25-24-19-8-4-2-3-5-9-19/h6-8,10-15,24H,2-5,9,16H2,1H3,(H,25,27). The van der Waals surface area contributed by atoms with Gasteiger partial charge in [0.05, 0.1) is 10.6 Å². The summed E-state index contributed by atoms with van der Waals surface area (Å²) in [5.74, 6) is -0.462. The van der Waals surface area contributed by atoms with Gasteiger partial charge in [0.15, 0.2) is 0 Å². The third kappa shape index (κ3) is 5.77. The number of hydrazine groups is 1. The topological polar surface area (TPSA) is 78.5 Å². The van der Waals surface area contributed by atoms with E-state index < -0.39 is 15.9 Å². The number of carbonyl (C=O) groups excluding carboxylic acids is 1. The lowest BCUT2D eigenvalue weighted by Crippen LogP contribution is -2.45. The van der Waals surface area contributed by atoms with E-state index in [0.29, 0.717) is 10.7 Å². The number of benzene rings is 2. The molecule has 0 bridgehead atoms. The Labute approximate surface area is 182 Å². The normalized spacial score (nSPS) is 14.4. The molecule has 0 spiro atoms. The molecule has 0 fully saturated rings. The number of anilines is 1. The first-order chi connectivity index (χ1) is 14.4. The van der Waals surface area contributed by atoms with E-state index in [2.05, 4.69) is 16.9 Å². The average molecular weight is 448 g/mol. The Morgan fingerprint density at radius 2 is 1.87 bits per heavy atom. The minimum absolute atomic E-state index is 0.111. The smallest absolute Gasteiger partial charge is 0.264 e. The summed E-state index contributed by atoms with van der Waals surface area (Å²) in [6, 6.07) is 13.0. The van der Waals surface area contributed by atoms with Crippen molar-refractivity contribution in [2.75, 3.05) is 10.8 Å². The van der Waals surface area contributed by atoms with E-state index in [0.717, 1.165) is 47.7 Å². The van der Waals surface area contributed by atoms with Gasteiger partial charge in [-0.2, -0.15) is 0 Å². The van der Waals surface area contributed by atoms with Crippen LogP contribution in [0.2, 0.25) is 5.02 Å². The molecule has 1 aliphatic carbocycles. The summed E-state index contributed by atoms with van der Waals surface area (Å²) in [7, 11) is -3.96. The second-order valence-corrected chi connectivity index (χ2v) is 9.61. The van der Waals surface area contributed by atoms with Gasteiger partial charge in [0.2, 0.25) is 0 Å². The molecule has 0 atom stereocenters. The van der Waals surface area contributed by atoms with Crippen LogP contribution in [0.1, 0.15) is 37.7 Å². The molecule has 0 heterocycles. The summed E-state index contributed by atoms with van der Waals surface area (Å²) in [4.78, 5) is 12.7. The monoisotopic (exact) mass is 447 g/mol. The van der Waals surface area contributed by atoms with E-state index in [-0.39, 0.29) is 11.4 Å². The van der Waals surface area contributed by atoms with Crippen LogP contribution in [0.15, 0.2) is 65.2 Å². The predicted octanol–water partition coefficient (Wildman–Crippen LogP) is 4.31. The van der Waals surface area contributed by atoms with Crippen molar-refractivity contribution < 1.29 is 13.2 Å². The molecule has 2 N–H and O–H groups in total.